The van der Waals surface area contributed by atoms with Crippen molar-refractivity contribution in [2.45, 2.75) is 52.1 Å². The van der Waals surface area contributed by atoms with Crippen molar-refractivity contribution in [3.63, 3.8) is 0 Å². The largest absolute Gasteiger partial charge is 0.507 e. The summed E-state index contributed by atoms with van der Waals surface area (Å²) in [6.45, 7) is 8.18. The van der Waals surface area contributed by atoms with Crippen LogP contribution in [0.3, 0.4) is 0 Å². The first-order chi connectivity index (χ1) is 10.3. The summed E-state index contributed by atoms with van der Waals surface area (Å²) in [6.07, 6.45) is -0.524. The van der Waals surface area contributed by atoms with Gasteiger partial charge in [-0.1, -0.05) is 33.8 Å². The van der Waals surface area contributed by atoms with E-state index in [1.54, 1.807) is 6.07 Å². The third kappa shape index (κ3) is 3.24. The number of carbonyl (C=O) groups excluding carboxylic acids is 2. The van der Waals surface area contributed by atoms with E-state index in [9.17, 15) is 14.7 Å². The molecule has 1 N–H and O–H groups in total. The Morgan fingerprint density at radius 3 is 2.45 bits per heavy atom. The predicted octanol–water partition coefficient (Wildman–Crippen LogP) is 3.11. The number of esters is 2. The molecule has 1 saturated heterocycles. The van der Waals surface area contributed by atoms with E-state index >= 15 is 0 Å². The van der Waals surface area contributed by atoms with E-state index in [-0.39, 0.29) is 29.8 Å². The lowest BCUT2D eigenvalue weighted by molar-refractivity contribution is -0.145. The first kappa shape index (κ1) is 16.3. The summed E-state index contributed by atoms with van der Waals surface area (Å²) < 4.78 is 9.96. The molecular formula is C17H22O5. The van der Waals surface area contributed by atoms with E-state index < -0.39 is 18.0 Å². The van der Waals surface area contributed by atoms with Crippen molar-refractivity contribution in [1.29, 1.82) is 0 Å². The van der Waals surface area contributed by atoms with E-state index in [2.05, 4.69) is 0 Å². The molecule has 1 aromatic carbocycles. The summed E-state index contributed by atoms with van der Waals surface area (Å²) in [5.74, 6) is -1.01. The zero-order chi connectivity index (χ0) is 16.4. The molecule has 120 valence electrons. The smallest absolute Gasteiger partial charge is 0.347 e. The lowest BCUT2D eigenvalue weighted by Crippen LogP contribution is -2.23. The molecule has 0 aliphatic carbocycles. The Hall–Kier alpha value is -2.04. The number of hydrogen-bond acceptors (Lipinski definition) is 5. The SMILES string of the molecule is CC(C)c1cc(C(=O)O[C@H]2CCOC2=O)c(O)c(C(C)C)c1. The molecule has 0 spiro atoms. The van der Waals surface area contributed by atoms with Gasteiger partial charge in [0.2, 0.25) is 6.10 Å². The highest BCUT2D eigenvalue weighted by atomic mass is 16.6. The van der Waals surface area contributed by atoms with Gasteiger partial charge in [-0.15, -0.1) is 0 Å². The fraction of sp³-hybridized carbons (Fsp3) is 0.529. The maximum Gasteiger partial charge on any atom is 0.347 e. The molecule has 22 heavy (non-hydrogen) atoms. The molecule has 0 aromatic heterocycles. The van der Waals surface area contributed by atoms with Gasteiger partial charge in [-0.2, -0.15) is 0 Å². The lowest BCUT2D eigenvalue weighted by atomic mass is 9.92. The van der Waals surface area contributed by atoms with Crippen molar-refractivity contribution in [3.05, 3.63) is 28.8 Å². The molecule has 1 fully saturated rings. The Kier molecular flexibility index (Phi) is 4.74. The van der Waals surface area contributed by atoms with Gasteiger partial charge in [-0.3, -0.25) is 0 Å². The van der Waals surface area contributed by atoms with Gasteiger partial charge < -0.3 is 14.6 Å². The van der Waals surface area contributed by atoms with E-state index in [1.807, 2.05) is 33.8 Å². The molecule has 1 aliphatic heterocycles. The number of aromatic hydroxyl groups is 1. The van der Waals surface area contributed by atoms with Gasteiger partial charge in [-0.05, 0) is 29.0 Å². The predicted molar refractivity (Wildman–Crippen MR) is 81.1 cm³/mol. The number of carbonyl (C=O) groups is 2. The molecule has 0 bridgehead atoms. The number of cyclic esters (lactones) is 1. The maximum atomic E-state index is 12.3. The van der Waals surface area contributed by atoms with Crippen molar-refractivity contribution in [3.8, 4) is 5.75 Å². The van der Waals surface area contributed by atoms with Crippen LogP contribution in [0.5, 0.6) is 5.75 Å². The second kappa shape index (κ2) is 6.38. The number of phenolic OH excluding ortho intramolecular Hbond substituents is 1. The monoisotopic (exact) mass is 306 g/mol. The highest BCUT2D eigenvalue weighted by Gasteiger charge is 2.32. The number of hydrogen-bond donors (Lipinski definition) is 1. The zero-order valence-corrected chi connectivity index (χ0v) is 13.4. The molecule has 1 aromatic rings. The second-order valence-corrected chi connectivity index (χ2v) is 6.17. The minimum Gasteiger partial charge on any atom is -0.507 e. The van der Waals surface area contributed by atoms with Crippen molar-refractivity contribution in [1.82, 2.24) is 0 Å². The van der Waals surface area contributed by atoms with Gasteiger partial charge in [0.1, 0.15) is 11.3 Å². The fourth-order valence-corrected chi connectivity index (χ4v) is 2.39. The number of rotatable bonds is 4. The summed E-state index contributed by atoms with van der Waals surface area (Å²) in [5.41, 5.74) is 1.75. The Morgan fingerprint density at radius 2 is 1.95 bits per heavy atom. The van der Waals surface area contributed by atoms with Crippen molar-refractivity contribution < 1.29 is 24.2 Å². The van der Waals surface area contributed by atoms with Crippen LogP contribution in [0.1, 0.15) is 67.4 Å². The van der Waals surface area contributed by atoms with Crippen LogP contribution in [-0.4, -0.2) is 29.8 Å². The average Bonchev–Trinajstić information content (AvgIpc) is 2.83. The minimum absolute atomic E-state index is 0.0710. The van der Waals surface area contributed by atoms with Crippen LogP contribution in [0.2, 0.25) is 0 Å². The minimum atomic E-state index is -0.878. The Morgan fingerprint density at radius 1 is 1.27 bits per heavy atom. The van der Waals surface area contributed by atoms with Gasteiger partial charge in [0.25, 0.3) is 0 Å². The molecule has 1 aliphatic rings. The van der Waals surface area contributed by atoms with Gasteiger partial charge in [0.05, 0.1) is 6.61 Å². The van der Waals surface area contributed by atoms with E-state index in [1.165, 1.54) is 0 Å². The summed E-state index contributed by atoms with van der Waals surface area (Å²) in [5, 5.41) is 10.4. The molecule has 1 atom stereocenters. The second-order valence-electron chi connectivity index (χ2n) is 6.17. The number of ether oxygens (including phenoxy) is 2. The summed E-state index contributed by atoms with van der Waals surface area (Å²) in [4.78, 5) is 23.7. The Balaban J connectivity index is 2.35. The van der Waals surface area contributed by atoms with Crippen LogP contribution in [0.4, 0.5) is 0 Å². The van der Waals surface area contributed by atoms with Crippen LogP contribution < -0.4 is 0 Å². The topological polar surface area (TPSA) is 72.8 Å². The van der Waals surface area contributed by atoms with Gasteiger partial charge in [-0.25, -0.2) is 9.59 Å². The highest BCUT2D eigenvalue weighted by molar-refractivity contribution is 5.95. The molecule has 5 nitrogen and oxygen atoms in total. The van der Waals surface area contributed by atoms with E-state index in [0.717, 1.165) is 5.56 Å². The molecule has 1 heterocycles. The molecule has 2 rings (SSSR count). The number of phenols is 1. The standard InChI is InChI=1S/C17H22O5/c1-9(2)11-7-12(10(3)4)15(18)13(8-11)16(19)22-14-5-6-21-17(14)20/h7-10,14,18H,5-6H2,1-4H3/t14-/m0/s1. The van der Waals surface area contributed by atoms with Crippen LogP contribution in [0.25, 0.3) is 0 Å². The van der Waals surface area contributed by atoms with Gasteiger partial charge >= 0.3 is 11.9 Å². The maximum absolute atomic E-state index is 12.3. The Bertz CT molecular complexity index is 589. The van der Waals surface area contributed by atoms with Crippen LogP contribution >= 0.6 is 0 Å². The Labute approximate surface area is 130 Å². The molecular weight excluding hydrogens is 284 g/mol. The third-order valence-electron chi connectivity index (χ3n) is 3.81. The summed E-state index contributed by atoms with van der Waals surface area (Å²) >= 11 is 0. The summed E-state index contributed by atoms with van der Waals surface area (Å²) in [7, 11) is 0. The summed E-state index contributed by atoms with van der Waals surface area (Å²) in [6, 6.07) is 3.54. The molecule has 0 unspecified atom stereocenters. The highest BCUT2D eigenvalue weighted by Crippen LogP contribution is 2.33. The van der Waals surface area contributed by atoms with Crippen LogP contribution in [0.15, 0.2) is 12.1 Å². The number of benzene rings is 1. The molecule has 0 radical (unpaired) electrons. The van der Waals surface area contributed by atoms with Crippen LogP contribution in [0, 0.1) is 0 Å². The molecule has 0 saturated carbocycles. The van der Waals surface area contributed by atoms with E-state index in [0.29, 0.717) is 12.0 Å². The van der Waals surface area contributed by atoms with Gasteiger partial charge in [0, 0.05) is 6.42 Å². The van der Waals surface area contributed by atoms with Crippen LogP contribution in [-0.2, 0) is 14.3 Å². The molecule has 0 amide bonds. The third-order valence-corrected chi connectivity index (χ3v) is 3.81. The van der Waals surface area contributed by atoms with Crippen molar-refractivity contribution >= 4 is 11.9 Å². The lowest BCUT2D eigenvalue weighted by Gasteiger charge is -2.17. The van der Waals surface area contributed by atoms with Crippen molar-refractivity contribution in [2.24, 2.45) is 0 Å². The first-order valence-corrected chi connectivity index (χ1v) is 7.55. The normalized spacial score (nSPS) is 17.9. The first-order valence-electron chi connectivity index (χ1n) is 7.55. The zero-order valence-electron chi connectivity index (χ0n) is 13.4. The van der Waals surface area contributed by atoms with E-state index in [4.69, 9.17) is 9.47 Å². The van der Waals surface area contributed by atoms with Gasteiger partial charge in [0.15, 0.2) is 0 Å². The quantitative estimate of drug-likeness (QED) is 0.865. The van der Waals surface area contributed by atoms with Crippen molar-refractivity contribution in [2.75, 3.05) is 6.61 Å². The fourth-order valence-electron chi connectivity index (χ4n) is 2.39. The average molecular weight is 306 g/mol. The molecule has 5 heteroatoms.